The van der Waals surface area contributed by atoms with Crippen LogP contribution in [0.2, 0.25) is 10.0 Å². The first-order chi connectivity index (χ1) is 13.4. The zero-order valence-corrected chi connectivity index (χ0v) is 16.5. The molecule has 2 aliphatic rings. The molecule has 146 valence electrons. The van der Waals surface area contributed by atoms with Crippen LogP contribution in [0.3, 0.4) is 0 Å². The molecule has 1 saturated carbocycles. The van der Waals surface area contributed by atoms with Crippen LogP contribution in [0, 0.1) is 11.7 Å². The van der Waals surface area contributed by atoms with Crippen molar-refractivity contribution in [3.05, 3.63) is 58.0 Å². The van der Waals surface area contributed by atoms with Crippen molar-refractivity contribution in [2.45, 2.75) is 31.8 Å². The fourth-order valence-corrected chi connectivity index (χ4v) is 3.99. The summed E-state index contributed by atoms with van der Waals surface area (Å²) in [6.07, 6.45) is 4.03. The molecule has 1 aromatic heterocycles. The van der Waals surface area contributed by atoms with Crippen molar-refractivity contribution < 1.29 is 14.0 Å². The van der Waals surface area contributed by atoms with Gasteiger partial charge in [0.2, 0.25) is 5.91 Å². The van der Waals surface area contributed by atoms with E-state index in [1.165, 1.54) is 6.20 Å². The minimum atomic E-state index is -0.716. The van der Waals surface area contributed by atoms with Crippen LogP contribution in [0.4, 0.5) is 10.2 Å². The number of rotatable bonds is 4. The first-order valence-electron chi connectivity index (χ1n) is 9.10. The van der Waals surface area contributed by atoms with Gasteiger partial charge in [-0.3, -0.25) is 14.5 Å². The Morgan fingerprint density at radius 3 is 2.43 bits per heavy atom. The molecular weight excluding hydrogens is 404 g/mol. The second-order valence-corrected chi connectivity index (χ2v) is 8.04. The van der Waals surface area contributed by atoms with E-state index in [4.69, 9.17) is 23.2 Å². The van der Waals surface area contributed by atoms with Crippen LogP contribution in [0.1, 0.15) is 24.8 Å². The maximum absolute atomic E-state index is 14.4. The molecule has 1 aromatic carbocycles. The number of aromatic nitrogens is 1. The lowest BCUT2D eigenvalue weighted by Gasteiger charge is -2.45. The van der Waals surface area contributed by atoms with Gasteiger partial charge in [0.25, 0.3) is 5.91 Å². The Bertz CT molecular complexity index is 918. The van der Waals surface area contributed by atoms with Crippen LogP contribution in [0.15, 0.2) is 36.5 Å². The van der Waals surface area contributed by atoms with Crippen LogP contribution in [0.5, 0.6) is 0 Å². The molecular formula is C20H18Cl2FN3O2. The standard InChI is InChI=1S/C20H18Cl2FN3O2/c21-14-6-4-12(5-7-14)10-25-17(27)11-26(19-16(23)8-15(22)9-24-19)20(28)18(25)13-2-1-3-13/h4-9,13,18H,1-3,10-11H2. The number of anilines is 1. The van der Waals surface area contributed by atoms with Crippen molar-refractivity contribution >= 4 is 40.8 Å². The van der Waals surface area contributed by atoms with E-state index in [0.717, 1.165) is 35.8 Å². The number of hydrogen-bond acceptors (Lipinski definition) is 3. The fourth-order valence-electron chi connectivity index (χ4n) is 3.72. The van der Waals surface area contributed by atoms with E-state index in [2.05, 4.69) is 4.98 Å². The molecule has 2 amide bonds. The fraction of sp³-hybridized carbons (Fsp3) is 0.350. The van der Waals surface area contributed by atoms with E-state index in [-0.39, 0.29) is 35.1 Å². The Labute approximate surface area is 172 Å². The number of halogens is 3. The molecule has 2 fully saturated rings. The van der Waals surface area contributed by atoms with Gasteiger partial charge in [-0.1, -0.05) is 41.8 Å². The highest BCUT2D eigenvalue weighted by molar-refractivity contribution is 6.30. The Morgan fingerprint density at radius 1 is 1.11 bits per heavy atom. The summed E-state index contributed by atoms with van der Waals surface area (Å²) in [4.78, 5) is 32.9. The zero-order chi connectivity index (χ0) is 19.8. The third kappa shape index (κ3) is 3.59. The van der Waals surface area contributed by atoms with E-state index in [9.17, 15) is 14.0 Å². The van der Waals surface area contributed by atoms with Crippen LogP contribution < -0.4 is 4.90 Å². The second kappa shape index (κ2) is 7.68. The van der Waals surface area contributed by atoms with Crippen molar-refractivity contribution in [1.29, 1.82) is 0 Å². The SMILES string of the molecule is O=C1C(C2CCC2)N(Cc2ccc(Cl)cc2)C(=O)CN1c1ncc(Cl)cc1F. The van der Waals surface area contributed by atoms with Crippen molar-refractivity contribution in [3.63, 3.8) is 0 Å². The molecule has 1 aliphatic heterocycles. The Kier molecular flexibility index (Phi) is 5.25. The molecule has 1 aliphatic carbocycles. The highest BCUT2D eigenvalue weighted by Gasteiger charge is 2.46. The Balaban J connectivity index is 1.65. The number of carbonyl (C=O) groups is 2. The molecule has 1 atom stereocenters. The number of hydrogen-bond donors (Lipinski definition) is 0. The molecule has 0 spiro atoms. The van der Waals surface area contributed by atoms with Crippen molar-refractivity contribution in [1.82, 2.24) is 9.88 Å². The number of pyridine rings is 1. The minimum Gasteiger partial charge on any atom is -0.324 e. The van der Waals surface area contributed by atoms with Crippen LogP contribution >= 0.6 is 23.2 Å². The lowest BCUT2D eigenvalue weighted by molar-refractivity contribution is -0.147. The van der Waals surface area contributed by atoms with Gasteiger partial charge in [0.15, 0.2) is 11.6 Å². The summed E-state index contributed by atoms with van der Waals surface area (Å²) in [5.41, 5.74) is 0.888. The minimum absolute atomic E-state index is 0.0712. The van der Waals surface area contributed by atoms with Gasteiger partial charge in [-0.25, -0.2) is 9.37 Å². The van der Waals surface area contributed by atoms with Crippen molar-refractivity contribution in [2.75, 3.05) is 11.4 Å². The third-order valence-corrected chi connectivity index (χ3v) is 5.83. The lowest BCUT2D eigenvalue weighted by atomic mass is 9.77. The second-order valence-electron chi connectivity index (χ2n) is 7.17. The van der Waals surface area contributed by atoms with E-state index < -0.39 is 11.9 Å². The van der Waals surface area contributed by atoms with E-state index in [1.54, 1.807) is 17.0 Å². The molecule has 1 unspecified atom stereocenters. The van der Waals surface area contributed by atoms with Crippen LogP contribution in [0.25, 0.3) is 0 Å². The monoisotopic (exact) mass is 421 g/mol. The van der Waals surface area contributed by atoms with Gasteiger partial charge in [-0.05, 0) is 42.5 Å². The van der Waals surface area contributed by atoms with Gasteiger partial charge in [0.05, 0.1) is 5.02 Å². The highest BCUT2D eigenvalue weighted by Crippen LogP contribution is 2.37. The van der Waals surface area contributed by atoms with Gasteiger partial charge in [-0.15, -0.1) is 0 Å². The van der Waals surface area contributed by atoms with E-state index >= 15 is 0 Å². The summed E-state index contributed by atoms with van der Waals surface area (Å²) < 4.78 is 14.4. The number of piperazine rings is 1. The molecule has 4 rings (SSSR count). The number of amides is 2. The van der Waals surface area contributed by atoms with Crippen molar-refractivity contribution in [2.24, 2.45) is 5.92 Å². The van der Waals surface area contributed by atoms with Gasteiger partial charge in [0, 0.05) is 17.8 Å². The first-order valence-corrected chi connectivity index (χ1v) is 9.86. The Hall–Kier alpha value is -2.18. The molecule has 0 radical (unpaired) electrons. The lowest BCUT2D eigenvalue weighted by Crippen LogP contribution is -2.63. The first kappa shape index (κ1) is 19.2. The molecule has 28 heavy (non-hydrogen) atoms. The smallest absolute Gasteiger partial charge is 0.251 e. The summed E-state index contributed by atoms with van der Waals surface area (Å²) in [5.74, 6) is -1.33. The number of benzene rings is 1. The molecule has 8 heteroatoms. The quantitative estimate of drug-likeness (QED) is 0.747. The van der Waals surface area contributed by atoms with Gasteiger partial charge in [-0.2, -0.15) is 0 Å². The largest absolute Gasteiger partial charge is 0.324 e. The molecule has 2 aromatic rings. The molecule has 5 nitrogen and oxygen atoms in total. The highest BCUT2D eigenvalue weighted by atomic mass is 35.5. The predicted octanol–water partition coefficient (Wildman–Crippen LogP) is 4.07. The molecule has 0 N–H and O–H groups in total. The molecule has 2 heterocycles. The number of nitrogens with zero attached hydrogens (tertiary/aromatic N) is 3. The van der Waals surface area contributed by atoms with Gasteiger partial charge >= 0.3 is 0 Å². The average Bonchev–Trinajstić information content (AvgIpc) is 2.61. The summed E-state index contributed by atoms with van der Waals surface area (Å²) in [6, 6.07) is 7.66. The maximum atomic E-state index is 14.4. The van der Waals surface area contributed by atoms with E-state index in [1.807, 2.05) is 12.1 Å². The average molecular weight is 422 g/mol. The zero-order valence-electron chi connectivity index (χ0n) is 14.9. The summed E-state index contributed by atoms with van der Waals surface area (Å²) in [5, 5.41) is 0.743. The topological polar surface area (TPSA) is 53.5 Å². The van der Waals surface area contributed by atoms with E-state index in [0.29, 0.717) is 11.6 Å². The maximum Gasteiger partial charge on any atom is 0.251 e. The molecule has 0 bridgehead atoms. The normalized spacial score (nSPS) is 20.5. The van der Waals surface area contributed by atoms with Gasteiger partial charge < -0.3 is 4.90 Å². The summed E-state index contributed by atoms with van der Waals surface area (Å²) in [6.45, 7) is 0.0640. The summed E-state index contributed by atoms with van der Waals surface area (Å²) in [7, 11) is 0. The molecule has 1 saturated heterocycles. The summed E-state index contributed by atoms with van der Waals surface area (Å²) >= 11 is 11.7. The van der Waals surface area contributed by atoms with Crippen molar-refractivity contribution in [3.8, 4) is 0 Å². The van der Waals surface area contributed by atoms with Crippen LogP contribution in [-0.4, -0.2) is 34.3 Å². The third-order valence-electron chi connectivity index (χ3n) is 5.38. The van der Waals surface area contributed by atoms with Crippen LogP contribution in [-0.2, 0) is 16.1 Å². The predicted molar refractivity (Wildman–Crippen MR) is 105 cm³/mol. The number of carbonyl (C=O) groups excluding carboxylic acids is 2. The Morgan fingerprint density at radius 2 is 1.82 bits per heavy atom. The van der Waals surface area contributed by atoms with Gasteiger partial charge in [0.1, 0.15) is 12.6 Å².